The predicted molar refractivity (Wildman–Crippen MR) is 179 cm³/mol. The zero-order valence-electron chi connectivity index (χ0n) is 25.1. The number of thioether (sulfide) groups is 1. The van der Waals surface area contributed by atoms with Gasteiger partial charge >= 0.3 is 11.0 Å². The minimum atomic E-state index is -4.76. The van der Waals surface area contributed by atoms with Crippen molar-refractivity contribution in [1.29, 1.82) is 0 Å². The molecule has 4 aliphatic rings. The standard InChI is InChI=1S/C34H25BrF3N3O6S2/c35-14-5-10-22(47-13-23(43)39-15-6-8-16(42)9-7-15)17(11-14)24-25-18-12-19(28(25)48-30-29(24)49-33(46)40-30)27-26(18)31(44)41(32(27)45)21-4-2-1-3-20(21)34(36,37)38/h1-11,18-19,24-28,42H,12-13H2,(H,39,43)(H,40,46)/t18?,19?,24-,25?,26?,27?,28?/m1/s1. The van der Waals surface area contributed by atoms with Crippen molar-refractivity contribution >= 4 is 68.1 Å². The molecule has 7 atom stereocenters. The Labute approximate surface area is 293 Å². The van der Waals surface area contributed by atoms with Crippen LogP contribution in [0.4, 0.5) is 24.5 Å². The highest BCUT2D eigenvalue weighted by atomic mass is 79.9. The lowest BCUT2D eigenvalue weighted by atomic mass is 9.68. The molecular formula is C34H25BrF3N3O6S2. The Kier molecular flexibility index (Phi) is 7.72. The lowest BCUT2D eigenvalue weighted by Gasteiger charge is -2.43. The van der Waals surface area contributed by atoms with Crippen LogP contribution in [0.5, 0.6) is 11.5 Å². The van der Waals surface area contributed by atoms with Crippen LogP contribution in [0.3, 0.4) is 0 Å². The number of hydrogen-bond donors (Lipinski definition) is 3. The lowest BCUT2D eigenvalue weighted by molar-refractivity contribution is -0.137. The third-order valence-corrected chi connectivity index (χ3v) is 13.1. The molecule has 9 nitrogen and oxygen atoms in total. The summed E-state index contributed by atoms with van der Waals surface area (Å²) in [7, 11) is 0. The van der Waals surface area contributed by atoms with E-state index in [9.17, 15) is 37.5 Å². The highest BCUT2D eigenvalue weighted by molar-refractivity contribution is 9.10. The molecule has 3 N–H and O–H groups in total. The first-order chi connectivity index (χ1) is 23.4. The second kappa shape index (κ2) is 11.8. The largest absolute Gasteiger partial charge is 0.508 e. The molecule has 3 aromatic carbocycles. The van der Waals surface area contributed by atoms with Crippen molar-refractivity contribution < 1.29 is 37.4 Å². The number of thiazole rings is 1. The summed E-state index contributed by atoms with van der Waals surface area (Å²) in [6.45, 7) is -0.349. The number of imide groups is 1. The number of aromatic nitrogens is 1. The summed E-state index contributed by atoms with van der Waals surface area (Å²) < 4.78 is 48.9. The van der Waals surface area contributed by atoms with Crippen LogP contribution < -0.4 is 19.8 Å². The number of amides is 3. The fraction of sp³-hybridized carbons (Fsp3) is 0.294. The number of carbonyl (C=O) groups is 3. The second-order valence-corrected chi connectivity index (χ2v) is 15.7. The zero-order chi connectivity index (χ0) is 34.4. The fourth-order valence-corrected chi connectivity index (χ4v) is 11.5. The summed E-state index contributed by atoms with van der Waals surface area (Å²) >= 11 is 6.05. The molecule has 1 saturated heterocycles. The minimum Gasteiger partial charge on any atom is -0.508 e. The van der Waals surface area contributed by atoms with Gasteiger partial charge in [-0.3, -0.25) is 19.2 Å². The number of H-pyrrole nitrogens is 1. The molecule has 4 aromatic rings. The maximum Gasteiger partial charge on any atom is 0.418 e. The predicted octanol–water partition coefficient (Wildman–Crippen LogP) is 6.62. The van der Waals surface area contributed by atoms with Crippen molar-refractivity contribution in [2.75, 3.05) is 16.8 Å². The van der Waals surface area contributed by atoms with Crippen LogP contribution in [0.2, 0.25) is 0 Å². The van der Waals surface area contributed by atoms with Crippen molar-refractivity contribution in [2.45, 2.75) is 28.8 Å². The number of anilines is 2. The van der Waals surface area contributed by atoms with E-state index < -0.39 is 52.9 Å². The minimum absolute atomic E-state index is 0.0542. The van der Waals surface area contributed by atoms with Crippen molar-refractivity contribution in [3.63, 3.8) is 0 Å². The van der Waals surface area contributed by atoms with Gasteiger partial charge in [-0.05, 0) is 78.8 Å². The summed E-state index contributed by atoms with van der Waals surface area (Å²) in [5.74, 6) is -4.23. The zero-order valence-corrected chi connectivity index (χ0v) is 28.3. The van der Waals surface area contributed by atoms with E-state index in [1.54, 1.807) is 24.3 Å². The first-order valence-corrected chi connectivity index (χ1v) is 17.8. The number of halogens is 4. The number of aromatic amines is 1. The van der Waals surface area contributed by atoms with Gasteiger partial charge in [0.15, 0.2) is 6.61 Å². The SMILES string of the molecule is O=C(COc1ccc(Br)cc1[C@H]1c2sc(=O)[nH]c2SC2C3CC(C4C(=O)N(c5ccccc5C(F)(F)F)C(=O)C34)C21)Nc1ccc(O)cc1. The smallest absolute Gasteiger partial charge is 0.418 e. The van der Waals surface area contributed by atoms with Gasteiger partial charge in [0, 0.05) is 31.8 Å². The molecule has 1 aromatic heterocycles. The topological polar surface area (TPSA) is 129 Å². The van der Waals surface area contributed by atoms with Gasteiger partial charge in [-0.25, -0.2) is 4.90 Å². The van der Waals surface area contributed by atoms with Gasteiger partial charge in [-0.2, -0.15) is 13.2 Å². The molecule has 2 aliphatic heterocycles. The molecule has 49 heavy (non-hydrogen) atoms. The number of para-hydroxylation sites is 1. The van der Waals surface area contributed by atoms with E-state index in [1.165, 1.54) is 36.0 Å². The van der Waals surface area contributed by atoms with Crippen LogP contribution in [0.25, 0.3) is 0 Å². The number of nitrogens with one attached hydrogen (secondary N) is 2. The summed E-state index contributed by atoms with van der Waals surface area (Å²) in [5, 5.41) is 12.7. The Morgan fingerprint density at radius 3 is 2.47 bits per heavy atom. The maximum absolute atomic E-state index is 14.1. The first kappa shape index (κ1) is 32.1. The van der Waals surface area contributed by atoms with Crippen LogP contribution in [0.15, 0.2) is 81.0 Å². The normalized spacial score (nSPS) is 26.8. The molecule has 6 unspecified atom stereocenters. The number of fused-ring (bicyclic) bond motifs is 9. The number of aromatic hydroxyl groups is 1. The van der Waals surface area contributed by atoms with Gasteiger partial charge in [-0.1, -0.05) is 39.4 Å². The molecule has 3 fully saturated rings. The van der Waals surface area contributed by atoms with Crippen LogP contribution in [-0.4, -0.2) is 39.7 Å². The highest BCUT2D eigenvalue weighted by Gasteiger charge is 2.70. The van der Waals surface area contributed by atoms with E-state index >= 15 is 0 Å². The van der Waals surface area contributed by atoms with Crippen LogP contribution in [0, 0.1) is 29.6 Å². The summed E-state index contributed by atoms with van der Waals surface area (Å²) in [6.07, 6.45) is -4.22. The molecule has 2 aliphatic carbocycles. The molecule has 0 spiro atoms. The van der Waals surface area contributed by atoms with E-state index in [-0.39, 0.29) is 40.2 Å². The number of phenols is 1. The van der Waals surface area contributed by atoms with Gasteiger partial charge in [0.2, 0.25) is 11.8 Å². The molecule has 0 radical (unpaired) electrons. The number of hydrogen-bond acceptors (Lipinski definition) is 8. The van der Waals surface area contributed by atoms with Gasteiger partial charge in [-0.15, -0.1) is 11.8 Å². The van der Waals surface area contributed by atoms with E-state index in [0.29, 0.717) is 32.9 Å². The third-order valence-electron chi connectivity index (χ3n) is 9.99. The van der Waals surface area contributed by atoms with Crippen LogP contribution in [-0.2, 0) is 20.6 Å². The highest BCUT2D eigenvalue weighted by Crippen LogP contribution is 2.69. The molecule has 3 heterocycles. The second-order valence-electron chi connectivity index (χ2n) is 12.6. The molecule has 15 heteroatoms. The number of benzene rings is 3. The van der Waals surface area contributed by atoms with Crippen molar-refractivity contribution in [3.8, 4) is 11.5 Å². The monoisotopic (exact) mass is 771 g/mol. The van der Waals surface area contributed by atoms with Crippen LogP contribution in [0.1, 0.15) is 28.3 Å². The Morgan fingerprint density at radius 2 is 1.73 bits per heavy atom. The van der Waals surface area contributed by atoms with Crippen LogP contribution >= 0.6 is 39.0 Å². The number of carbonyl (C=O) groups excluding carboxylic acids is 3. The third kappa shape index (κ3) is 5.28. The molecule has 8 rings (SSSR count). The average Bonchev–Trinajstić information content (AvgIpc) is 3.80. The number of ether oxygens (including phenoxy) is 1. The van der Waals surface area contributed by atoms with E-state index in [1.807, 2.05) is 6.07 Å². The quantitative estimate of drug-likeness (QED) is 0.149. The molecule has 252 valence electrons. The molecule has 2 bridgehead atoms. The Bertz CT molecular complexity index is 2090. The molecule has 3 amide bonds. The maximum atomic E-state index is 14.1. The molecule has 2 saturated carbocycles. The number of rotatable bonds is 6. The summed E-state index contributed by atoms with van der Waals surface area (Å²) in [4.78, 5) is 57.8. The average molecular weight is 773 g/mol. The Morgan fingerprint density at radius 1 is 1.02 bits per heavy atom. The first-order valence-electron chi connectivity index (χ1n) is 15.4. The molecular weight excluding hydrogens is 747 g/mol. The van der Waals surface area contributed by atoms with Gasteiger partial charge < -0.3 is 20.1 Å². The Hall–Kier alpha value is -4.08. The van der Waals surface area contributed by atoms with E-state index in [4.69, 9.17) is 4.74 Å². The van der Waals surface area contributed by atoms with Crippen molar-refractivity contribution in [1.82, 2.24) is 4.98 Å². The van der Waals surface area contributed by atoms with Gasteiger partial charge in [0.05, 0.1) is 28.1 Å². The number of phenolic OH excluding ortho intramolecular Hbond substituents is 1. The number of nitrogens with zero attached hydrogens (tertiary/aromatic N) is 1. The van der Waals surface area contributed by atoms with E-state index in [0.717, 1.165) is 33.2 Å². The van der Waals surface area contributed by atoms with Gasteiger partial charge in [0.25, 0.3) is 5.91 Å². The Balaban J connectivity index is 1.15. The number of alkyl halides is 3. The summed E-state index contributed by atoms with van der Waals surface area (Å²) in [5.41, 5.74) is -0.351. The lowest BCUT2D eigenvalue weighted by Crippen LogP contribution is -2.42. The van der Waals surface area contributed by atoms with Crippen molar-refractivity contribution in [2.24, 2.45) is 29.6 Å². The summed E-state index contributed by atoms with van der Waals surface area (Å²) in [6, 6.07) is 16.0. The van der Waals surface area contributed by atoms with Crippen molar-refractivity contribution in [3.05, 3.63) is 96.9 Å². The fourth-order valence-electron chi connectivity index (χ4n) is 8.29. The van der Waals surface area contributed by atoms with Gasteiger partial charge in [0.1, 0.15) is 11.5 Å². The van der Waals surface area contributed by atoms with E-state index in [2.05, 4.69) is 26.2 Å².